The Labute approximate surface area is 169 Å². The number of hydrogen-bond acceptors (Lipinski definition) is 8. The van der Waals surface area contributed by atoms with E-state index >= 15 is 0 Å². The predicted octanol–water partition coefficient (Wildman–Crippen LogP) is 0.712. The van der Waals surface area contributed by atoms with E-state index in [9.17, 15) is 18.0 Å². The second-order valence-electron chi connectivity index (χ2n) is 7.38. The molecule has 1 saturated heterocycles. The number of nitrogens with zero attached hydrogens (tertiary/aromatic N) is 5. The number of carbonyl (C=O) groups is 2. The molecule has 1 aliphatic heterocycles. The molecule has 0 radical (unpaired) electrons. The Morgan fingerprint density at radius 2 is 2.07 bits per heavy atom. The topological polar surface area (TPSA) is 124 Å². The van der Waals surface area contributed by atoms with E-state index in [1.165, 1.54) is 9.42 Å². The first-order valence-electron chi connectivity index (χ1n) is 9.51. The Morgan fingerprint density at radius 3 is 2.69 bits per heavy atom. The van der Waals surface area contributed by atoms with Crippen LogP contribution in [0.3, 0.4) is 0 Å². The molecule has 1 amide bonds. The van der Waals surface area contributed by atoms with Gasteiger partial charge in [0.1, 0.15) is 0 Å². The molecule has 0 N–H and O–H groups in total. The van der Waals surface area contributed by atoms with Crippen LogP contribution in [0.4, 0.5) is 0 Å². The lowest BCUT2D eigenvalue weighted by atomic mass is 10.1. The van der Waals surface area contributed by atoms with Crippen LogP contribution >= 0.6 is 0 Å². The monoisotopic (exact) mass is 423 g/mol. The fourth-order valence-corrected chi connectivity index (χ4v) is 5.23. The van der Waals surface area contributed by atoms with E-state index in [-0.39, 0.29) is 29.1 Å². The maximum absolute atomic E-state index is 12.7. The molecule has 10 nitrogen and oxygen atoms in total. The Kier molecular flexibility index (Phi) is 5.87. The lowest BCUT2D eigenvalue weighted by molar-refractivity contribution is -0.138. The minimum Gasteiger partial charge on any atom is -0.450 e. The smallest absolute Gasteiger partial charge is 0.378 e. The first kappa shape index (κ1) is 21.2. The van der Waals surface area contributed by atoms with Gasteiger partial charge in [0.2, 0.25) is 0 Å². The van der Waals surface area contributed by atoms with Crippen molar-refractivity contribution in [1.82, 2.24) is 24.5 Å². The summed E-state index contributed by atoms with van der Waals surface area (Å²) in [7, 11) is -3.14. The van der Waals surface area contributed by atoms with Gasteiger partial charge in [0.25, 0.3) is 17.5 Å². The minimum absolute atomic E-state index is 0.0602. The number of rotatable bonds is 6. The van der Waals surface area contributed by atoms with Crippen molar-refractivity contribution in [2.24, 2.45) is 0 Å². The highest BCUT2D eigenvalue weighted by Gasteiger charge is 2.37. The number of carbonyl (C=O) groups excluding carboxylic acids is 2. The number of sulfone groups is 1. The van der Waals surface area contributed by atoms with Crippen LogP contribution in [0.1, 0.15) is 48.7 Å². The van der Waals surface area contributed by atoms with Gasteiger partial charge < -0.3 is 9.64 Å². The van der Waals surface area contributed by atoms with Crippen LogP contribution in [0, 0.1) is 13.8 Å². The highest BCUT2D eigenvalue weighted by molar-refractivity contribution is 7.91. The van der Waals surface area contributed by atoms with Gasteiger partial charge in [0.15, 0.2) is 16.4 Å². The number of aryl methyl sites for hydroxylation is 2. The molecule has 0 bridgehead atoms. The van der Waals surface area contributed by atoms with Gasteiger partial charge in [0.05, 0.1) is 11.5 Å². The summed E-state index contributed by atoms with van der Waals surface area (Å²) in [5.74, 6) is -1.16. The molecule has 29 heavy (non-hydrogen) atoms. The fourth-order valence-electron chi connectivity index (χ4n) is 3.52. The number of esters is 1. The Bertz CT molecular complexity index is 1050. The third-order valence-corrected chi connectivity index (χ3v) is 6.83. The SMILES string of the molecule is CC[C@@H](C)N(C(=O)COC(=O)c1nc2nc(C)cc(C)n2n1)[C@H]1CCS(=O)(=O)C1. The van der Waals surface area contributed by atoms with E-state index in [1.807, 2.05) is 27.7 Å². The molecule has 2 aromatic heterocycles. The Balaban J connectivity index is 1.71. The van der Waals surface area contributed by atoms with Gasteiger partial charge in [-0.05, 0) is 39.7 Å². The summed E-state index contributed by atoms with van der Waals surface area (Å²) in [6, 6.07) is 1.24. The molecule has 0 saturated carbocycles. The summed E-state index contributed by atoms with van der Waals surface area (Å²) in [6.07, 6.45) is 1.05. The second-order valence-corrected chi connectivity index (χ2v) is 9.61. The van der Waals surface area contributed by atoms with E-state index in [0.29, 0.717) is 12.8 Å². The van der Waals surface area contributed by atoms with Crippen LogP contribution < -0.4 is 0 Å². The standard InChI is InChI=1S/C18H25N5O5S/c1-5-12(3)22(14-6-7-29(26,27)10-14)15(24)9-28-17(25)16-20-18-19-11(2)8-13(4)23(18)21-16/h8,12,14H,5-7,9-10H2,1-4H3/t12-,14+/m1/s1. The molecule has 2 atom stereocenters. The van der Waals surface area contributed by atoms with Gasteiger partial charge in [-0.3, -0.25) is 4.79 Å². The molecule has 0 aliphatic carbocycles. The average Bonchev–Trinajstić information content (AvgIpc) is 3.23. The van der Waals surface area contributed by atoms with Crippen molar-refractivity contribution in [3.8, 4) is 0 Å². The molecule has 0 unspecified atom stereocenters. The largest absolute Gasteiger partial charge is 0.450 e. The minimum atomic E-state index is -3.14. The summed E-state index contributed by atoms with van der Waals surface area (Å²) < 4.78 is 30.2. The third-order valence-electron chi connectivity index (χ3n) is 5.08. The molecule has 0 aromatic carbocycles. The van der Waals surface area contributed by atoms with E-state index in [1.54, 1.807) is 6.07 Å². The van der Waals surface area contributed by atoms with Crippen molar-refractivity contribution in [1.29, 1.82) is 0 Å². The van der Waals surface area contributed by atoms with Gasteiger partial charge in [0, 0.05) is 23.5 Å². The zero-order chi connectivity index (χ0) is 21.3. The van der Waals surface area contributed by atoms with E-state index in [0.717, 1.165) is 11.4 Å². The molecular formula is C18H25N5O5S. The summed E-state index contributed by atoms with van der Waals surface area (Å²) >= 11 is 0. The van der Waals surface area contributed by atoms with Crippen LogP contribution in [0.2, 0.25) is 0 Å². The first-order chi connectivity index (χ1) is 13.6. The quantitative estimate of drug-likeness (QED) is 0.622. The molecule has 2 aromatic rings. The van der Waals surface area contributed by atoms with Gasteiger partial charge in [-0.2, -0.15) is 4.98 Å². The van der Waals surface area contributed by atoms with E-state index in [2.05, 4.69) is 15.1 Å². The Hall–Kier alpha value is -2.56. The summed E-state index contributed by atoms with van der Waals surface area (Å²) in [6.45, 7) is 6.89. The maximum atomic E-state index is 12.7. The molecule has 11 heteroatoms. The van der Waals surface area contributed by atoms with Crippen molar-refractivity contribution in [2.45, 2.75) is 52.6 Å². The van der Waals surface area contributed by atoms with Crippen LogP contribution in [-0.4, -0.2) is 75.0 Å². The highest BCUT2D eigenvalue weighted by Crippen LogP contribution is 2.21. The third kappa shape index (κ3) is 4.55. The highest BCUT2D eigenvalue weighted by atomic mass is 32.2. The molecule has 3 rings (SSSR count). The van der Waals surface area contributed by atoms with E-state index in [4.69, 9.17) is 4.74 Å². The van der Waals surface area contributed by atoms with Crippen molar-refractivity contribution in [2.75, 3.05) is 18.1 Å². The number of hydrogen-bond donors (Lipinski definition) is 0. The lowest BCUT2D eigenvalue weighted by Gasteiger charge is -2.33. The molecule has 1 aliphatic rings. The first-order valence-corrected chi connectivity index (χ1v) is 11.3. The predicted molar refractivity (Wildman–Crippen MR) is 104 cm³/mol. The summed E-state index contributed by atoms with van der Waals surface area (Å²) in [5, 5.41) is 4.09. The fraction of sp³-hybridized carbons (Fsp3) is 0.611. The number of ether oxygens (including phenoxy) is 1. The van der Waals surface area contributed by atoms with Gasteiger partial charge in [-0.15, -0.1) is 5.10 Å². The number of fused-ring (bicyclic) bond motifs is 1. The molecular weight excluding hydrogens is 398 g/mol. The average molecular weight is 423 g/mol. The van der Waals surface area contributed by atoms with Crippen LogP contribution in [0.25, 0.3) is 5.78 Å². The van der Waals surface area contributed by atoms with E-state index < -0.39 is 34.4 Å². The zero-order valence-electron chi connectivity index (χ0n) is 17.0. The van der Waals surface area contributed by atoms with Gasteiger partial charge >= 0.3 is 5.97 Å². The maximum Gasteiger partial charge on any atom is 0.378 e. The number of amides is 1. The van der Waals surface area contributed by atoms with Crippen molar-refractivity contribution in [3.05, 3.63) is 23.3 Å². The van der Waals surface area contributed by atoms with Gasteiger partial charge in [-0.1, -0.05) is 6.92 Å². The van der Waals surface area contributed by atoms with Crippen molar-refractivity contribution in [3.63, 3.8) is 0 Å². The van der Waals surface area contributed by atoms with Crippen LogP contribution in [-0.2, 0) is 19.4 Å². The summed E-state index contributed by atoms with van der Waals surface area (Å²) in [4.78, 5) is 34.9. The Morgan fingerprint density at radius 1 is 1.34 bits per heavy atom. The zero-order valence-corrected chi connectivity index (χ0v) is 17.8. The van der Waals surface area contributed by atoms with Crippen molar-refractivity contribution >= 4 is 27.5 Å². The summed E-state index contributed by atoms with van der Waals surface area (Å²) in [5.41, 5.74) is 1.51. The van der Waals surface area contributed by atoms with Gasteiger partial charge in [-0.25, -0.2) is 22.7 Å². The lowest BCUT2D eigenvalue weighted by Crippen LogP contribution is -2.48. The van der Waals surface area contributed by atoms with Crippen LogP contribution in [0.15, 0.2) is 6.07 Å². The second kappa shape index (κ2) is 8.05. The normalized spacial score (nSPS) is 19.2. The number of aromatic nitrogens is 4. The molecule has 158 valence electrons. The molecule has 1 fully saturated rings. The van der Waals surface area contributed by atoms with Crippen molar-refractivity contribution < 1.29 is 22.7 Å². The molecule has 0 spiro atoms. The van der Waals surface area contributed by atoms with Crippen LogP contribution in [0.5, 0.6) is 0 Å². The molecule has 3 heterocycles.